The number of amides is 2. The topological polar surface area (TPSA) is 106 Å². The second-order valence-electron chi connectivity index (χ2n) is 7.58. The molecule has 2 aromatic carbocycles. The van der Waals surface area contributed by atoms with Gasteiger partial charge in [0.25, 0.3) is 5.91 Å². The normalized spacial score (nSPS) is 14.9. The fourth-order valence-electron chi connectivity index (χ4n) is 3.50. The molecule has 3 rings (SSSR count). The van der Waals surface area contributed by atoms with Crippen LogP contribution in [0.1, 0.15) is 24.0 Å². The van der Waals surface area contributed by atoms with Crippen LogP contribution >= 0.6 is 11.6 Å². The van der Waals surface area contributed by atoms with Crippen molar-refractivity contribution in [1.29, 1.82) is 0 Å². The molecule has 0 saturated carbocycles. The number of hydrogen-bond donors (Lipinski definition) is 2. The summed E-state index contributed by atoms with van der Waals surface area (Å²) >= 11 is 5.94. The number of likely N-dealkylation sites (tertiary alicyclic amines) is 1. The summed E-state index contributed by atoms with van der Waals surface area (Å²) in [5.74, 6) is 0.122. The maximum Gasteiger partial charge on any atom is 0.255 e. The molecule has 2 aromatic rings. The van der Waals surface area contributed by atoms with Crippen molar-refractivity contribution >= 4 is 29.6 Å². The minimum Gasteiger partial charge on any atom is -0.493 e. The number of nitrogens with one attached hydrogen (secondary N) is 1. The first-order valence-electron chi connectivity index (χ1n) is 10.3. The van der Waals surface area contributed by atoms with Gasteiger partial charge in [0.2, 0.25) is 5.91 Å². The first kappa shape index (κ1) is 23.6. The zero-order valence-electron chi connectivity index (χ0n) is 17.9. The summed E-state index contributed by atoms with van der Waals surface area (Å²) in [5.41, 5.74) is 9.64. The van der Waals surface area contributed by atoms with Crippen molar-refractivity contribution in [2.45, 2.75) is 19.4 Å². The van der Waals surface area contributed by atoms with E-state index in [2.05, 4.69) is 15.4 Å². The van der Waals surface area contributed by atoms with Gasteiger partial charge in [-0.15, -0.1) is 0 Å². The number of ether oxygens (including phenoxy) is 2. The van der Waals surface area contributed by atoms with E-state index >= 15 is 0 Å². The van der Waals surface area contributed by atoms with E-state index in [-0.39, 0.29) is 18.4 Å². The molecule has 0 radical (unpaired) electrons. The molecular formula is C23H27ClN4O4. The summed E-state index contributed by atoms with van der Waals surface area (Å²) in [7, 11) is 1.49. The van der Waals surface area contributed by atoms with Gasteiger partial charge in [0, 0.05) is 17.5 Å². The number of nitrogens with two attached hydrogens (primary N) is 1. The Bertz CT molecular complexity index is 957. The Morgan fingerprint density at radius 1 is 1.19 bits per heavy atom. The quantitative estimate of drug-likeness (QED) is 0.443. The molecule has 0 spiro atoms. The Morgan fingerprint density at radius 2 is 1.91 bits per heavy atom. The van der Waals surface area contributed by atoms with E-state index in [1.165, 1.54) is 18.9 Å². The molecule has 1 aliphatic rings. The molecule has 0 bridgehead atoms. The number of hydrogen-bond acceptors (Lipinski definition) is 6. The van der Waals surface area contributed by atoms with Gasteiger partial charge in [0.15, 0.2) is 18.1 Å². The monoisotopic (exact) mass is 458 g/mol. The maximum absolute atomic E-state index is 12.5. The highest BCUT2D eigenvalue weighted by molar-refractivity contribution is 6.30. The second kappa shape index (κ2) is 11.5. The molecule has 1 heterocycles. The van der Waals surface area contributed by atoms with Gasteiger partial charge >= 0.3 is 0 Å². The van der Waals surface area contributed by atoms with Gasteiger partial charge in [0.1, 0.15) is 0 Å². The van der Waals surface area contributed by atoms with Crippen LogP contribution in [-0.4, -0.2) is 49.7 Å². The van der Waals surface area contributed by atoms with Gasteiger partial charge in [-0.25, -0.2) is 5.43 Å². The molecule has 2 amide bonds. The minimum absolute atomic E-state index is 0.0623. The van der Waals surface area contributed by atoms with Crippen LogP contribution in [0.15, 0.2) is 47.6 Å². The average Bonchev–Trinajstić information content (AvgIpc) is 2.80. The summed E-state index contributed by atoms with van der Waals surface area (Å²) < 4.78 is 10.6. The van der Waals surface area contributed by atoms with E-state index in [9.17, 15) is 9.59 Å². The summed E-state index contributed by atoms with van der Waals surface area (Å²) in [5, 5.41) is 4.80. The summed E-state index contributed by atoms with van der Waals surface area (Å²) in [6.45, 7) is 2.33. The van der Waals surface area contributed by atoms with Crippen LogP contribution in [0.5, 0.6) is 11.5 Å². The maximum atomic E-state index is 12.5. The number of rotatable bonds is 9. The number of carbonyl (C=O) groups excluding carboxylic acids is 2. The molecule has 1 aliphatic heterocycles. The summed E-state index contributed by atoms with van der Waals surface area (Å²) in [6, 6.07) is 12.9. The number of halogens is 1. The summed E-state index contributed by atoms with van der Waals surface area (Å²) in [6.07, 6.45) is 3.11. The minimum atomic E-state index is -0.573. The van der Waals surface area contributed by atoms with E-state index in [0.717, 1.165) is 37.5 Å². The smallest absolute Gasteiger partial charge is 0.255 e. The molecule has 1 saturated heterocycles. The lowest BCUT2D eigenvalue weighted by atomic mass is 9.96. The van der Waals surface area contributed by atoms with E-state index in [4.69, 9.17) is 26.8 Å². The molecule has 0 aliphatic carbocycles. The molecule has 0 aromatic heterocycles. The lowest BCUT2D eigenvalue weighted by Gasteiger charge is -2.30. The molecule has 32 heavy (non-hydrogen) atoms. The lowest BCUT2D eigenvalue weighted by molar-refractivity contribution is -0.126. The number of carbonyl (C=O) groups is 2. The van der Waals surface area contributed by atoms with Crippen LogP contribution in [0.25, 0.3) is 0 Å². The standard InChI is InChI=1S/C23H27ClN4O4/c1-31-21-12-17(4-7-20(21)32-15-22(25)29)13-26-27-23(30)18-8-10-28(11-9-18)14-16-2-5-19(24)6-3-16/h2-7,12-13,18H,8-11,14-15H2,1H3,(H2,25,29)(H,27,30)/b26-13-. The van der Waals surface area contributed by atoms with Crippen molar-refractivity contribution in [1.82, 2.24) is 10.3 Å². The van der Waals surface area contributed by atoms with Gasteiger partial charge in [0.05, 0.1) is 13.3 Å². The predicted octanol–water partition coefficient (Wildman–Crippen LogP) is 2.58. The van der Waals surface area contributed by atoms with Crippen LogP contribution < -0.4 is 20.6 Å². The van der Waals surface area contributed by atoms with Gasteiger partial charge in [-0.2, -0.15) is 5.10 Å². The van der Waals surface area contributed by atoms with E-state index in [1.54, 1.807) is 18.2 Å². The molecular weight excluding hydrogens is 432 g/mol. The highest BCUT2D eigenvalue weighted by Gasteiger charge is 2.24. The largest absolute Gasteiger partial charge is 0.493 e. The van der Waals surface area contributed by atoms with E-state index < -0.39 is 5.91 Å². The molecule has 8 nitrogen and oxygen atoms in total. The number of primary amides is 1. The number of hydrazone groups is 1. The van der Waals surface area contributed by atoms with E-state index in [0.29, 0.717) is 17.1 Å². The molecule has 1 fully saturated rings. The number of nitrogens with zero attached hydrogens (tertiary/aromatic N) is 2. The average molecular weight is 459 g/mol. The van der Waals surface area contributed by atoms with Crippen LogP contribution in [0.2, 0.25) is 5.02 Å². The summed E-state index contributed by atoms with van der Waals surface area (Å²) in [4.78, 5) is 25.7. The number of piperidine rings is 1. The third-order valence-electron chi connectivity index (χ3n) is 5.22. The van der Waals surface area contributed by atoms with Gasteiger partial charge in [-0.3, -0.25) is 14.5 Å². The van der Waals surface area contributed by atoms with Crippen molar-refractivity contribution < 1.29 is 19.1 Å². The zero-order chi connectivity index (χ0) is 22.9. The van der Waals surface area contributed by atoms with Crippen molar-refractivity contribution in [3.05, 3.63) is 58.6 Å². The van der Waals surface area contributed by atoms with Crippen LogP contribution in [0.4, 0.5) is 0 Å². The highest BCUT2D eigenvalue weighted by Crippen LogP contribution is 2.27. The third kappa shape index (κ3) is 6.96. The van der Waals surface area contributed by atoms with Gasteiger partial charge in [-0.1, -0.05) is 23.7 Å². The fourth-order valence-corrected chi connectivity index (χ4v) is 3.62. The van der Waals surface area contributed by atoms with Crippen molar-refractivity contribution in [3.63, 3.8) is 0 Å². The Morgan fingerprint density at radius 3 is 2.56 bits per heavy atom. The molecule has 9 heteroatoms. The van der Waals surface area contributed by atoms with Crippen molar-refractivity contribution in [3.8, 4) is 11.5 Å². The number of benzene rings is 2. The van der Waals surface area contributed by atoms with Crippen molar-refractivity contribution in [2.75, 3.05) is 26.8 Å². The Balaban J connectivity index is 1.46. The second-order valence-corrected chi connectivity index (χ2v) is 8.01. The Labute approximate surface area is 192 Å². The predicted molar refractivity (Wildman–Crippen MR) is 123 cm³/mol. The third-order valence-corrected chi connectivity index (χ3v) is 5.48. The van der Waals surface area contributed by atoms with Crippen LogP contribution in [0.3, 0.4) is 0 Å². The molecule has 3 N–H and O–H groups in total. The fraction of sp³-hybridized carbons (Fsp3) is 0.348. The van der Waals surface area contributed by atoms with Gasteiger partial charge < -0.3 is 15.2 Å². The van der Waals surface area contributed by atoms with Gasteiger partial charge in [-0.05, 0) is 67.4 Å². The first-order chi connectivity index (χ1) is 15.4. The lowest BCUT2D eigenvalue weighted by Crippen LogP contribution is -2.39. The van der Waals surface area contributed by atoms with E-state index in [1.807, 2.05) is 24.3 Å². The van der Waals surface area contributed by atoms with Crippen LogP contribution in [-0.2, 0) is 16.1 Å². The molecule has 0 atom stereocenters. The highest BCUT2D eigenvalue weighted by atomic mass is 35.5. The van der Waals surface area contributed by atoms with Crippen LogP contribution in [0, 0.1) is 5.92 Å². The van der Waals surface area contributed by atoms with Crippen molar-refractivity contribution in [2.24, 2.45) is 16.8 Å². The Kier molecular flexibility index (Phi) is 8.47. The zero-order valence-corrected chi connectivity index (χ0v) is 18.7. The number of methoxy groups -OCH3 is 1. The molecule has 0 unspecified atom stereocenters. The first-order valence-corrected chi connectivity index (χ1v) is 10.7. The SMILES string of the molecule is COc1cc(/C=N\NC(=O)C2CCN(Cc3ccc(Cl)cc3)CC2)ccc1OCC(N)=O. The molecule has 170 valence electrons. The Hall–Kier alpha value is -3.10.